The van der Waals surface area contributed by atoms with Crippen molar-refractivity contribution in [2.24, 2.45) is 11.8 Å². The molecule has 0 aliphatic heterocycles. The Bertz CT molecular complexity index is 728. The van der Waals surface area contributed by atoms with E-state index in [1.165, 1.54) is 5.56 Å². The molecule has 5 atom stereocenters. The van der Waals surface area contributed by atoms with Crippen LogP contribution in [0, 0.1) is 11.8 Å². The molecule has 0 bridgehead atoms. The standard InChI is InChI=1S/C26H37NO4/c28-21(15-12-19-8-4-3-5-9-19)16-17-23-22(24(29)18-25(23)30)10-6-1-2-7-11-26(31)27-20-13-14-20/h1,3-6,8-9,16-17,20-25,28-30H,2,7,10-15,18H2,(H,27,31)/b6-1-,17-16+/t21-,22+,23-,24-,25+/m1/s1. The Kier molecular flexibility index (Phi) is 9.31. The van der Waals surface area contributed by atoms with Crippen molar-refractivity contribution >= 4 is 5.91 Å². The third-order valence-electron chi connectivity index (χ3n) is 6.33. The van der Waals surface area contributed by atoms with Crippen LogP contribution in [0.1, 0.15) is 56.9 Å². The number of aryl methyl sites for hydroxylation is 1. The number of allylic oxidation sites excluding steroid dienone is 2. The molecule has 0 aromatic heterocycles. The zero-order valence-corrected chi connectivity index (χ0v) is 18.3. The van der Waals surface area contributed by atoms with E-state index in [2.05, 4.69) is 29.6 Å². The summed E-state index contributed by atoms with van der Waals surface area (Å²) in [7, 11) is 0. The van der Waals surface area contributed by atoms with E-state index in [4.69, 9.17) is 0 Å². The molecule has 2 aliphatic rings. The van der Waals surface area contributed by atoms with E-state index in [1.54, 1.807) is 6.08 Å². The van der Waals surface area contributed by atoms with E-state index in [0.29, 0.717) is 31.7 Å². The number of carbonyl (C=O) groups excluding carboxylic acids is 1. The van der Waals surface area contributed by atoms with Crippen LogP contribution in [0.3, 0.4) is 0 Å². The second kappa shape index (κ2) is 12.2. The molecular formula is C26H37NO4. The molecule has 0 radical (unpaired) electrons. The number of hydrogen-bond acceptors (Lipinski definition) is 4. The van der Waals surface area contributed by atoms with Gasteiger partial charge in [-0.2, -0.15) is 0 Å². The molecule has 0 unspecified atom stereocenters. The molecule has 4 N–H and O–H groups in total. The highest BCUT2D eigenvalue weighted by Crippen LogP contribution is 2.36. The van der Waals surface area contributed by atoms with Gasteiger partial charge in [0.2, 0.25) is 5.91 Å². The van der Waals surface area contributed by atoms with Crippen molar-refractivity contribution in [3.05, 3.63) is 60.2 Å². The molecule has 31 heavy (non-hydrogen) atoms. The molecule has 5 heteroatoms. The van der Waals surface area contributed by atoms with Crippen LogP contribution in [-0.4, -0.2) is 45.6 Å². The molecular weight excluding hydrogens is 390 g/mol. The van der Waals surface area contributed by atoms with Gasteiger partial charge in [-0.3, -0.25) is 4.79 Å². The maximum Gasteiger partial charge on any atom is 0.220 e. The molecule has 2 fully saturated rings. The molecule has 3 rings (SSSR count). The summed E-state index contributed by atoms with van der Waals surface area (Å²) in [4.78, 5) is 11.7. The van der Waals surface area contributed by atoms with Crippen molar-refractivity contribution in [3.8, 4) is 0 Å². The van der Waals surface area contributed by atoms with Crippen LogP contribution in [-0.2, 0) is 11.2 Å². The summed E-state index contributed by atoms with van der Waals surface area (Å²) in [6, 6.07) is 10.5. The third kappa shape index (κ3) is 8.24. The Balaban J connectivity index is 1.39. The lowest BCUT2D eigenvalue weighted by atomic mass is 9.89. The van der Waals surface area contributed by atoms with Crippen molar-refractivity contribution in [1.82, 2.24) is 5.32 Å². The average molecular weight is 428 g/mol. The molecule has 5 nitrogen and oxygen atoms in total. The fourth-order valence-electron chi connectivity index (χ4n) is 4.30. The Hall–Kier alpha value is -1.95. The summed E-state index contributed by atoms with van der Waals surface area (Å²) in [5.74, 6) is -0.0707. The normalized spacial score (nSPS) is 27.2. The summed E-state index contributed by atoms with van der Waals surface area (Å²) >= 11 is 0. The van der Waals surface area contributed by atoms with Gasteiger partial charge in [0, 0.05) is 24.8 Å². The van der Waals surface area contributed by atoms with Crippen LogP contribution >= 0.6 is 0 Å². The number of unbranched alkanes of at least 4 members (excludes halogenated alkanes) is 1. The summed E-state index contributed by atoms with van der Waals surface area (Å²) in [6.07, 6.45) is 13.0. The topological polar surface area (TPSA) is 89.8 Å². The number of benzene rings is 1. The first-order valence-corrected chi connectivity index (χ1v) is 11.7. The lowest BCUT2D eigenvalue weighted by molar-refractivity contribution is -0.121. The molecule has 2 aliphatic carbocycles. The Morgan fingerprint density at radius 2 is 1.90 bits per heavy atom. The first kappa shape index (κ1) is 23.7. The molecule has 2 saturated carbocycles. The largest absolute Gasteiger partial charge is 0.393 e. The van der Waals surface area contributed by atoms with Crippen LogP contribution in [0.2, 0.25) is 0 Å². The zero-order chi connectivity index (χ0) is 22.1. The lowest BCUT2D eigenvalue weighted by Gasteiger charge is -2.19. The average Bonchev–Trinajstić information content (AvgIpc) is 3.52. The fraction of sp³-hybridized carbons (Fsp3) is 0.577. The summed E-state index contributed by atoms with van der Waals surface area (Å²) in [5.41, 5.74) is 1.19. The van der Waals surface area contributed by atoms with E-state index in [9.17, 15) is 20.1 Å². The number of aliphatic hydroxyl groups is 3. The highest BCUT2D eigenvalue weighted by molar-refractivity contribution is 5.76. The maximum atomic E-state index is 11.7. The first-order valence-electron chi connectivity index (χ1n) is 11.7. The van der Waals surface area contributed by atoms with Crippen molar-refractivity contribution in [3.63, 3.8) is 0 Å². The van der Waals surface area contributed by atoms with Gasteiger partial charge < -0.3 is 20.6 Å². The number of hydrogen-bond donors (Lipinski definition) is 4. The minimum absolute atomic E-state index is 0.0537. The quantitative estimate of drug-likeness (QED) is 0.304. The molecule has 170 valence electrons. The van der Waals surface area contributed by atoms with E-state index in [-0.39, 0.29) is 17.7 Å². The second-order valence-electron chi connectivity index (χ2n) is 9.03. The van der Waals surface area contributed by atoms with Gasteiger partial charge >= 0.3 is 0 Å². The maximum absolute atomic E-state index is 11.7. The summed E-state index contributed by atoms with van der Waals surface area (Å²) in [6.45, 7) is 0. The predicted octanol–water partition coefficient (Wildman–Crippen LogP) is 3.29. The lowest BCUT2D eigenvalue weighted by Crippen LogP contribution is -2.24. The van der Waals surface area contributed by atoms with E-state index >= 15 is 0 Å². The molecule has 1 aromatic rings. The van der Waals surface area contributed by atoms with Gasteiger partial charge in [0.1, 0.15) is 0 Å². The highest BCUT2D eigenvalue weighted by Gasteiger charge is 2.39. The Morgan fingerprint density at radius 3 is 2.65 bits per heavy atom. The van der Waals surface area contributed by atoms with Crippen molar-refractivity contribution in [1.29, 1.82) is 0 Å². The molecule has 1 aromatic carbocycles. The summed E-state index contributed by atoms with van der Waals surface area (Å²) in [5, 5.41) is 34.0. The monoisotopic (exact) mass is 427 g/mol. The van der Waals surface area contributed by atoms with E-state index in [0.717, 1.165) is 32.1 Å². The molecule has 0 spiro atoms. The highest BCUT2D eigenvalue weighted by atomic mass is 16.3. The minimum Gasteiger partial charge on any atom is -0.393 e. The summed E-state index contributed by atoms with van der Waals surface area (Å²) < 4.78 is 0. The van der Waals surface area contributed by atoms with Gasteiger partial charge in [-0.15, -0.1) is 0 Å². The van der Waals surface area contributed by atoms with Crippen LogP contribution in [0.15, 0.2) is 54.6 Å². The van der Waals surface area contributed by atoms with Gasteiger partial charge in [0.25, 0.3) is 0 Å². The van der Waals surface area contributed by atoms with Crippen molar-refractivity contribution in [2.75, 3.05) is 0 Å². The first-order chi connectivity index (χ1) is 15.0. The number of amides is 1. The van der Waals surface area contributed by atoms with Crippen LogP contribution < -0.4 is 5.32 Å². The van der Waals surface area contributed by atoms with Crippen LogP contribution in [0.4, 0.5) is 0 Å². The molecule has 0 heterocycles. The van der Waals surface area contributed by atoms with Gasteiger partial charge in [-0.05, 0) is 56.4 Å². The number of aliphatic hydroxyl groups excluding tert-OH is 3. The number of carbonyl (C=O) groups is 1. The SMILES string of the molecule is O=C(CCC/C=C\C[C@H]1[C@@H](/C=C/[C@H](O)CCc2ccccc2)[C@@H](O)C[C@H]1O)NC1CC1. The fourth-order valence-corrected chi connectivity index (χ4v) is 4.30. The molecule has 1 amide bonds. The smallest absolute Gasteiger partial charge is 0.220 e. The van der Waals surface area contributed by atoms with Crippen LogP contribution in [0.5, 0.6) is 0 Å². The van der Waals surface area contributed by atoms with Crippen molar-refractivity contribution in [2.45, 2.75) is 82.1 Å². The number of nitrogens with one attached hydrogen (secondary N) is 1. The van der Waals surface area contributed by atoms with E-state index in [1.807, 2.05) is 24.3 Å². The number of rotatable bonds is 12. The van der Waals surface area contributed by atoms with Crippen molar-refractivity contribution < 1.29 is 20.1 Å². The predicted molar refractivity (Wildman–Crippen MR) is 122 cm³/mol. The van der Waals surface area contributed by atoms with Gasteiger partial charge in [0.15, 0.2) is 0 Å². The minimum atomic E-state index is -0.586. The third-order valence-corrected chi connectivity index (χ3v) is 6.33. The second-order valence-corrected chi connectivity index (χ2v) is 9.03. The Morgan fingerprint density at radius 1 is 1.13 bits per heavy atom. The Labute approximate surface area is 185 Å². The van der Waals surface area contributed by atoms with Crippen LogP contribution in [0.25, 0.3) is 0 Å². The van der Waals surface area contributed by atoms with Gasteiger partial charge in [-0.1, -0.05) is 54.6 Å². The van der Waals surface area contributed by atoms with Gasteiger partial charge in [0.05, 0.1) is 18.3 Å². The van der Waals surface area contributed by atoms with E-state index < -0.39 is 18.3 Å². The van der Waals surface area contributed by atoms with Gasteiger partial charge in [-0.25, -0.2) is 0 Å². The molecule has 0 saturated heterocycles. The zero-order valence-electron chi connectivity index (χ0n) is 18.3.